The first-order valence-electron chi connectivity index (χ1n) is 7.92. The molecule has 0 bridgehead atoms. The Balaban J connectivity index is 2.24. The Morgan fingerprint density at radius 3 is 2.70 bits per heavy atom. The first-order chi connectivity index (χ1) is 11.1. The molecule has 0 N–H and O–H groups in total. The van der Waals surface area contributed by atoms with Crippen molar-refractivity contribution in [2.75, 3.05) is 6.61 Å². The summed E-state index contributed by atoms with van der Waals surface area (Å²) in [6, 6.07) is 0. The van der Waals surface area contributed by atoms with Gasteiger partial charge in [0, 0.05) is 13.2 Å². The predicted octanol–water partition coefficient (Wildman–Crippen LogP) is 1.93. The van der Waals surface area contributed by atoms with E-state index in [0.717, 1.165) is 25.5 Å². The Bertz CT molecular complexity index is 856. The van der Waals surface area contributed by atoms with Crippen LogP contribution < -0.4 is 11.2 Å². The van der Waals surface area contributed by atoms with Crippen molar-refractivity contribution in [2.24, 2.45) is 0 Å². The lowest BCUT2D eigenvalue weighted by atomic mass is 10.1. The van der Waals surface area contributed by atoms with Gasteiger partial charge in [-0.3, -0.25) is 18.7 Å². The lowest BCUT2D eigenvalue weighted by Gasteiger charge is -2.23. The van der Waals surface area contributed by atoms with Crippen molar-refractivity contribution in [3.05, 3.63) is 31.3 Å². The molecular weight excluding hydrogens is 316 g/mol. The average Bonchev–Trinajstić information content (AvgIpc) is 2.90. The molecule has 0 amide bonds. The van der Waals surface area contributed by atoms with Crippen LogP contribution >= 0.6 is 11.3 Å². The number of carbonyl (C=O) groups is 1. The molecule has 0 aromatic carbocycles. The van der Waals surface area contributed by atoms with Crippen LogP contribution in [-0.4, -0.2) is 28.1 Å². The monoisotopic (exact) mass is 336 g/mol. The number of aryl methyl sites for hydroxylation is 1. The van der Waals surface area contributed by atoms with Crippen LogP contribution in [0, 0.1) is 6.92 Å². The fourth-order valence-corrected chi connectivity index (χ4v) is 4.24. The number of fused-ring (bicyclic) bond motifs is 1. The zero-order chi connectivity index (χ0) is 16.6. The summed E-state index contributed by atoms with van der Waals surface area (Å²) in [6.45, 7) is 4.98. The lowest BCUT2D eigenvalue weighted by Crippen LogP contribution is -2.41. The molecule has 3 heterocycles. The van der Waals surface area contributed by atoms with Gasteiger partial charge in [0.05, 0.1) is 22.9 Å². The molecular formula is C16H20N2O4S. The SMILES string of the molecule is CCn1c(=O)c2c(C)c(C=O)sc2n(CC2CCCCO2)c1=O. The Kier molecular flexibility index (Phi) is 4.50. The standard InChI is InChI=1S/C16H20N2O4S/c1-3-17-14(20)13-10(2)12(9-19)23-15(13)18(16(17)21)8-11-6-4-5-7-22-11/h9,11H,3-8H2,1-2H3. The Hall–Kier alpha value is -1.73. The number of carbonyl (C=O) groups excluding carboxylic acids is 1. The highest BCUT2D eigenvalue weighted by molar-refractivity contribution is 7.20. The molecule has 1 fully saturated rings. The molecule has 124 valence electrons. The summed E-state index contributed by atoms with van der Waals surface area (Å²) in [6.07, 6.45) is 3.77. The minimum absolute atomic E-state index is 0.0189. The van der Waals surface area contributed by atoms with Crippen molar-refractivity contribution in [3.8, 4) is 0 Å². The van der Waals surface area contributed by atoms with E-state index in [1.165, 1.54) is 15.9 Å². The van der Waals surface area contributed by atoms with Crippen LogP contribution in [0.25, 0.3) is 10.2 Å². The van der Waals surface area contributed by atoms with E-state index in [-0.39, 0.29) is 17.4 Å². The molecule has 1 aliphatic rings. The van der Waals surface area contributed by atoms with Gasteiger partial charge in [-0.25, -0.2) is 4.79 Å². The van der Waals surface area contributed by atoms with Crippen LogP contribution in [0.2, 0.25) is 0 Å². The Morgan fingerprint density at radius 1 is 1.30 bits per heavy atom. The molecule has 23 heavy (non-hydrogen) atoms. The van der Waals surface area contributed by atoms with Gasteiger partial charge in [0.15, 0.2) is 6.29 Å². The average molecular weight is 336 g/mol. The van der Waals surface area contributed by atoms with E-state index in [0.29, 0.717) is 40.4 Å². The molecule has 3 rings (SSSR count). The molecule has 0 spiro atoms. The Morgan fingerprint density at radius 2 is 2.09 bits per heavy atom. The van der Waals surface area contributed by atoms with Gasteiger partial charge < -0.3 is 4.74 Å². The second-order valence-electron chi connectivity index (χ2n) is 5.82. The molecule has 6 nitrogen and oxygen atoms in total. The number of hydrogen-bond acceptors (Lipinski definition) is 5. The van der Waals surface area contributed by atoms with Crippen molar-refractivity contribution in [1.29, 1.82) is 0 Å². The van der Waals surface area contributed by atoms with Gasteiger partial charge in [0.2, 0.25) is 0 Å². The summed E-state index contributed by atoms with van der Waals surface area (Å²) in [5, 5.41) is 0.481. The molecule has 2 aromatic rings. The van der Waals surface area contributed by atoms with Crippen LogP contribution in [-0.2, 0) is 17.8 Å². The molecule has 2 aromatic heterocycles. The van der Waals surface area contributed by atoms with Gasteiger partial charge >= 0.3 is 5.69 Å². The summed E-state index contributed by atoms with van der Waals surface area (Å²) in [7, 11) is 0. The third kappa shape index (κ3) is 2.68. The molecule has 1 saturated heterocycles. The third-order valence-electron chi connectivity index (χ3n) is 4.41. The zero-order valence-corrected chi connectivity index (χ0v) is 14.1. The fourth-order valence-electron chi connectivity index (χ4n) is 3.12. The highest BCUT2D eigenvalue weighted by atomic mass is 32.1. The van der Waals surface area contributed by atoms with Crippen LogP contribution in [0.4, 0.5) is 0 Å². The summed E-state index contributed by atoms with van der Waals surface area (Å²) >= 11 is 1.21. The second-order valence-corrected chi connectivity index (χ2v) is 6.85. The van der Waals surface area contributed by atoms with Gasteiger partial charge in [-0.05, 0) is 38.7 Å². The van der Waals surface area contributed by atoms with Gasteiger partial charge in [0.1, 0.15) is 4.83 Å². The molecule has 7 heteroatoms. The highest BCUT2D eigenvalue weighted by Gasteiger charge is 2.22. The summed E-state index contributed by atoms with van der Waals surface area (Å²) < 4.78 is 8.59. The van der Waals surface area contributed by atoms with Crippen molar-refractivity contribution in [1.82, 2.24) is 9.13 Å². The number of ether oxygens (including phenoxy) is 1. The number of nitrogens with zero attached hydrogens (tertiary/aromatic N) is 2. The normalized spacial score (nSPS) is 18.4. The first kappa shape index (κ1) is 16.1. The maximum Gasteiger partial charge on any atom is 0.332 e. The van der Waals surface area contributed by atoms with E-state index >= 15 is 0 Å². The highest BCUT2D eigenvalue weighted by Crippen LogP contribution is 2.27. The predicted molar refractivity (Wildman–Crippen MR) is 89.7 cm³/mol. The van der Waals surface area contributed by atoms with Gasteiger partial charge in [-0.1, -0.05) is 0 Å². The smallest absolute Gasteiger partial charge is 0.332 e. The van der Waals surface area contributed by atoms with Crippen LogP contribution in [0.1, 0.15) is 41.4 Å². The maximum absolute atomic E-state index is 12.7. The fraction of sp³-hybridized carbons (Fsp3) is 0.562. The maximum atomic E-state index is 12.7. The molecule has 0 saturated carbocycles. The minimum Gasteiger partial charge on any atom is -0.376 e. The molecule has 0 aliphatic carbocycles. The van der Waals surface area contributed by atoms with E-state index in [1.807, 2.05) is 0 Å². The Labute approximate surface area is 137 Å². The zero-order valence-electron chi connectivity index (χ0n) is 13.3. The quantitative estimate of drug-likeness (QED) is 0.800. The van der Waals surface area contributed by atoms with Gasteiger partial charge in [0.25, 0.3) is 5.56 Å². The van der Waals surface area contributed by atoms with Crippen molar-refractivity contribution in [3.63, 3.8) is 0 Å². The van der Waals surface area contributed by atoms with Crippen molar-refractivity contribution < 1.29 is 9.53 Å². The van der Waals surface area contributed by atoms with E-state index in [2.05, 4.69) is 0 Å². The number of aromatic nitrogens is 2. The summed E-state index contributed by atoms with van der Waals surface area (Å²) in [5.74, 6) is 0. The first-order valence-corrected chi connectivity index (χ1v) is 8.73. The largest absolute Gasteiger partial charge is 0.376 e. The molecule has 0 radical (unpaired) electrons. The lowest BCUT2D eigenvalue weighted by molar-refractivity contribution is 0.00583. The number of rotatable bonds is 4. The van der Waals surface area contributed by atoms with E-state index < -0.39 is 0 Å². The number of aldehydes is 1. The topological polar surface area (TPSA) is 70.3 Å². The summed E-state index contributed by atoms with van der Waals surface area (Å²) in [5.41, 5.74) is 0.0264. The number of hydrogen-bond donors (Lipinski definition) is 0. The van der Waals surface area contributed by atoms with Crippen molar-refractivity contribution in [2.45, 2.75) is 52.3 Å². The van der Waals surface area contributed by atoms with Gasteiger partial charge in [-0.2, -0.15) is 0 Å². The third-order valence-corrected chi connectivity index (χ3v) is 5.65. The van der Waals surface area contributed by atoms with E-state index in [1.54, 1.807) is 18.4 Å². The minimum atomic E-state index is -0.321. The van der Waals surface area contributed by atoms with Gasteiger partial charge in [-0.15, -0.1) is 11.3 Å². The molecule has 1 atom stereocenters. The van der Waals surface area contributed by atoms with Crippen LogP contribution in [0.5, 0.6) is 0 Å². The number of thiophene rings is 1. The second kappa shape index (κ2) is 6.41. The van der Waals surface area contributed by atoms with Crippen LogP contribution in [0.15, 0.2) is 9.59 Å². The van der Waals surface area contributed by atoms with E-state index in [9.17, 15) is 14.4 Å². The van der Waals surface area contributed by atoms with E-state index in [4.69, 9.17) is 4.74 Å². The summed E-state index contributed by atoms with van der Waals surface area (Å²) in [4.78, 5) is 37.6. The molecule has 1 unspecified atom stereocenters. The van der Waals surface area contributed by atoms with Crippen molar-refractivity contribution >= 4 is 27.8 Å². The van der Waals surface area contributed by atoms with Crippen LogP contribution in [0.3, 0.4) is 0 Å². The molecule has 1 aliphatic heterocycles.